The van der Waals surface area contributed by atoms with Crippen LogP contribution in [-0.2, 0) is 6.42 Å². The highest BCUT2D eigenvalue weighted by atomic mass is 15.1. The largest absolute Gasteiger partial charge is 0.371 e. The van der Waals surface area contributed by atoms with Gasteiger partial charge in [-0.05, 0) is 31.4 Å². The van der Waals surface area contributed by atoms with Gasteiger partial charge in [-0.1, -0.05) is 0 Å². The zero-order chi connectivity index (χ0) is 8.39. The second-order valence-electron chi connectivity index (χ2n) is 3.19. The molecule has 0 saturated carbocycles. The molecule has 1 aromatic heterocycles. The summed E-state index contributed by atoms with van der Waals surface area (Å²) in [6.07, 6.45) is 6.34. The number of anilines is 1. The van der Waals surface area contributed by atoms with Gasteiger partial charge in [0, 0.05) is 31.2 Å². The Morgan fingerprint density at radius 3 is 3.33 bits per heavy atom. The molecule has 0 amide bonds. The van der Waals surface area contributed by atoms with Crippen molar-refractivity contribution >= 4 is 5.69 Å². The van der Waals surface area contributed by atoms with Crippen LogP contribution in [0.25, 0.3) is 0 Å². The van der Waals surface area contributed by atoms with E-state index in [4.69, 9.17) is 0 Å². The fraction of sp³-hybridized carbons (Fsp3) is 0.500. The first kappa shape index (κ1) is 7.59. The van der Waals surface area contributed by atoms with Crippen LogP contribution in [0.4, 0.5) is 5.69 Å². The van der Waals surface area contributed by atoms with Crippen molar-refractivity contribution in [3.63, 3.8) is 0 Å². The number of fused-ring (bicyclic) bond motifs is 1. The minimum atomic E-state index is 1.11. The van der Waals surface area contributed by atoms with Crippen LogP contribution in [0.1, 0.15) is 18.9 Å². The molecule has 0 N–H and O–H groups in total. The lowest BCUT2D eigenvalue weighted by Gasteiger charge is -2.29. The van der Waals surface area contributed by atoms with Gasteiger partial charge in [0.15, 0.2) is 0 Å². The second-order valence-corrected chi connectivity index (χ2v) is 3.19. The van der Waals surface area contributed by atoms with Crippen molar-refractivity contribution in [2.45, 2.75) is 19.8 Å². The van der Waals surface area contributed by atoms with Crippen LogP contribution in [0.3, 0.4) is 0 Å². The Morgan fingerprint density at radius 2 is 2.50 bits per heavy atom. The van der Waals surface area contributed by atoms with E-state index in [0.717, 1.165) is 6.54 Å². The quantitative estimate of drug-likeness (QED) is 0.626. The molecule has 1 aliphatic rings. The predicted molar refractivity (Wildman–Crippen MR) is 50.4 cm³/mol. The average molecular weight is 162 g/mol. The van der Waals surface area contributed by atoms with Gasteiger partial charge in [0.1, 0.15) is 0 Å². The molecule has 2 rings (SSSR count). The summed E-state index contributed by atoms with van der Waals surface area (Å²) >= 11 is 0. The topological polar surface area (TPSA) is 16.1 Å². The maximum Gasteiger partial charge on any atom is 0.0429 e. The molecular formula is C10H14N2. The summed E-state index contributed by atoms with van der Waals surface area (Å²) in [6.45, 7) is 4.51. The van der Waals surface area contributed by atoms with Crippen LogP contribution in [0.2, 0.25) is 0 Å². The highest BCUT2D eigenvalue weighted by Crippen LogP contribution is 2.24. The highest BCUT2D eigenvalue weighted by Gasteiger charge is 2.13. The van der Waals surface area contributed by atoms with Crippen LogP contribution in [-0.4, -0.2) is 18.1 Å². The molecular weight excluding hydrogens is 148 g/mol. The molecule has 2 heterocycles. The third-order valence-electron chi connectivity index (χ3n) is 2.47. The minimum absolute atomic E-state index is 1.11. The maximum atomic E-state index is 4.14. The third-order valence-corrected chi connectivity index (χ3v) is 2.47. The molecule has 0 aromatic carbocycles. The molecule has 0 aliphatic carbocycles. The Morgan fingerprint density at radius 1 is 1.58 bits per heavy atom. The molecule has 0 spiro atoms. The molecule has 64 valence electrons. The van der Waals surface area contributed by atoms with Crippen LogP contribution in [0, 0.1) is 0 Å². The Kier molecular flexibility index (Phi) is 1.98. The lowest BCUT2D eigenvalue weighted by atomic mass is 10.0. The van der Waals surface area contributed by atoms with Gasteiger partial charge in [0.25, 0.3) is 0 Å². The van der Waals surface area contributed by atoms with E-state index in [1.165, 1.54) is 30.6 Å². The van der Waals surface area contributed by atoms with Crippen molar-refractivity contribution < 1.29 is 0 Å². The van der Waals surface area contributed by atoms with Crippen LogP contribution >= 0.6 is 0 Å². The number of aromatic nitrogens is 1. The molecule has 0 saturated heterocycles. The SMILES string of the molecule is CCN1CCCc2cnccc21. The molecule has 0 fully saturated rings. The van der Waals surface area contributed by atoms with Gasteiger partial charge in [-0.15, -0.1) is 0 Å². The van der Waals surface area contributed by atoms with E-state index in [-0.39, 0.29) is 0 Å². The first-order valence-corrected chi connectivity index (χ1v) is 4.59. The Hall–Kier alpha value is -1.05. The fourth-order valence-electron chi connectivity index (χ4n) is 1.83. The summed E-state index contributed by atoms with van der Waals surface area (Å²) in [6, 6.07) is 2.12. The molecule has 0 radical (unpaired) electrons. The van der Waals surface area contributed by atoms with Crippen molar-refractivity contribution in [3.8, 4) is 0 Å². The normalized spacial score (nSPS) is 15.9. The standard InChI is InChI=1S/C10H14N2/c1-2-12-7-3-4-9-8-11-6-5-10(9)12/h5-6,8H,2-4,7H2,1H3. The molecule has 0 bridgehead atoms. The van der Waals surface area contributed by atoms with E-state index < -0.39 is 0 Å². The number of rotatable bonds is 1. The van der Waals surface area contributed by atoms with Gasteiger partial charge < -0.3 is 4.90 Å². The summed E-state index contributed by atoms with van der Waals surface area (Å²) in [5.41, 5.74) is 2.80. The Bertz CT molecular complexity index is 270. The monoisotopic (exact) mass is 162 g/mol. The average Bonchev–Trinajstić information content (AvgIpc) is 2.17. The first-order chi connectivity index (χ1) is 5.92. The van der Waals surface area contributed by atoms with E-state index in [9.17, 15) is 0 Å². The van der Waals surface area contributed by atoms with E-state index in [2.05, 4.69) is 22.9 Å². The number of aryl methyl sites for hydroxylation is 1. The van der Waals surface area contributed by atoms with Gasteiger partial charge >= 0.3 is 0 Å². The van der Waals surface area contributed by atoms with Gasteiger partial charge in [0.05, 0.1) is 0 Å². The third kappa shape index (κ3) is 1.17. The molecule has 1 aliphatic heterocycles. The molecule has 0 unspecified atom stereocenters. The zero-order valence-electron chi connectivity index (χ0n) is 7.45. The molecule has 0 atom stereocenters. The lowest BCUT2D eigenvalue weighted by Crippen LogP contribution is -2.28. The summed E-state index contributed by atoms with van der Waals surface area (Å²) < 4.78 is 0. The van der Waals surface area contributed by atoms with E-state index >= 15 is 0 Å². The van der Waals surface area contributed by atoms with E-state index in [0.29, 0.717) is 0 Å². The number of pyridine rings is 1. The van der Waals surface area contributed by atoms with Crippen molar-refractivity contribution in [2.75, 3.05) is 18.0 Å². The van der Waals surface area contributed by atoms with Crippen molar-refractivity contribution in [1.82, 2.24) is 4.98 Å². The zero-order valence-corrected chi connectivity index (χ0v) is 7.45. The summed E-state index contributed by atoms with van der Waals surface area (Å²) in [5, 5.41) is 0. The van der Waals surface area contributed by atoms with Crippen molar-refractivity contribution in [2.24, 2.45) is 0 Å². The van der Waals surface area contributed by atoms with Crippen LogP contribution in [0.15, 0.2) is 18.5 Å². The van der Waals surface area contributed by atoms with Gasteiger partial charge in [-0.25, -0.2) is 0 Å². The minimum Gasteiger partial charge on any atom is -0.371 e. The van der Waals surface area contributed by atoms with Crippen molar-refractivity contribution in [1.29, 1.82) is 0 Å². The number of nitrogens with zero attached hydrogens (tertiary/aromatic N) is 2. The maximum absolute atomic E-state index is 4.14. The molecule has 2 heteroatoms. The van der Waals surface area contributed by atoms with Gasteiger partial charge in [-0.2, -0.15) is 0 Å². The summed E-state index contributed by atoms with van der Waals surface area (Å²) in [7, 11) is 0. The predicted octanol–water partition coefficient (Wildman–Crippen LogP) is 1.85. The smallest absolute Gasteiger partial charge is 0.0429 e. The van der Waals surface area contributed by atoms with Crippen molar-refractivity contribution in [3.05, 3.63) is 24.0 Å². The second kappa shape index (κ2) is 3.13. The van der Waals surface area contributed by atoms with Gasteiger partial charge in [0.2, 0.25) is 0 Å². The van der Waals surface area contributed by atoms with E-state index in [1.54, 1.807) is 0 Å². The first-order valence-electron chi connectivity index (χ1n) is 4.59. The molecule has 2 nitrogen and oxygen atoms in total. The number of hydrogen-bond acceptors (Lipinski definition) is 2. The Balaban J connectivity index is 2.37. The summed E-state index contributed by atoms with van der Waals surface area (Å²) in [4.78, 5) is 6.56. The van der Waals surface area contributed by atoms with Crippen LogP contribution in [0.5, 0.6) is 0 Å². The molecule has 12 heavy (non-hydrogen) atoms. The Labute approximate surface area is 73.2 Å². The fourth-order valence-corrected chi connectivity index (χ4v) is 1.83. The lowest BCUT2D eigenvalue weighted by molar-refractivity contribution is 0.705. The number of hydrogen-bond donors (Lipinski definition) is 0. The van der Waals surface area contributed by atoms with E-state index in [1.807, 2.05) is 12.4 Å². The molecule has 1 aromatic rings. The van der Waals surface area contributed by atoms with Gasteiger partial charge in [-0.3, -0.25) is 4.98 Å². The van der Waals surface area contributed by atoms with Crippen LogP contribution < -0.4 is 4.90 Å². The highest BCUT2D eigenvalue weighted by molar-refractivity contribution is 5.53. The summed E-state index contributed by atoms with van der Waals surface area (Å²) in [5.74, 6) is 0.